The summed E-state index contributed by atoms with van der Waals surface area (Å²) in [6.45, 7) is 3.62. The third-order valence-electron chi connectivity index (χ3n) is 5.60. The molecule has 0 spiro atoms. The van der Waals surface area contributed by atoms with Crippen LogP contribution in [0.5, 0.6) is 5.75 Å². The standard InChI is InChI=1S/C20H27N3O2.C2HF3O2/c1-22-20-17(11-21-22)9-10-23(19(20)14-25-13-16-3-4-16)12-15-5-7-18(24-2)8-6-15;3-2(4,5)1(6)7/h5-8,11,16,19H,3-4,9-10,12-14H2,1-2H3;(H,6,7). The Bertz CT molecular complexity index is 895. The predicted molar refractivity (Wildman–Crippen MR) is 110 cm³/mol. The van der Waals surface area contributed by atoms with Crippen LogP contribution in [0.4, 0.5) is 13.2 Å². The van der Waals surface area contributed by atoms with Crippen LogP contribution in [0, 0.1) is 5.92 Å². The van der Waals surface area contributed by atoms with Crippen molar-refractivity contribution in [2.24, 2.45) is 13.0 Å². The zero-order chi connectivity index (χ0) is 23.3. The molecule has 32 heavy (non-hydrogen) atoms. The molecule has 1 atom stereocenters. The summed E-state index contributed by atoms with van der Waals surface area (Å²) in [4.78, 5) is 11.4. The van der Waals surface area contributed by atoms with Crippen LogP contribution < -0.4 is 4.74 Å². The lowest BCUT2D eigenvalue weighted by atomic mass is 9.99. The fourth-order valence-electron chi connectivity index (χ4n) is 3.68. The molecule has 1 fully saturated rings. The number of fused-ring (bicyclic) bond motifs is 1. The molecule has 2 aliphatic rings. The van der Waals surface area contributed by atoms with Crippen molar-refractivity contribution in [2.45, 2.75) is 38.0 Å². The molecular formula is C22H28F3N3O4. The van der Waals surface area contributed by atoms with E-state index in [4.69, 9.17) is 19.4 Å². The maximum Gasteiger partial charge on any atom is 0.490 e. The monoisotopic (exact) mass is 455 g/mol. The molecule has 7 nitrogen and oxygen atoms in total. The van der Waals surface area contributed by atoms with E-state index in [0.717, 1.165) is 44.4 Å². The van der Waals surface area contributed by atoms with Crippen molar-refractivity contribution in [1.82, 2.24) is 14.7 Å². The van der Waals surface area contributed by atoms with Crippen LogP contribution in [-0.2, 0) is 29.5 Å². The summed E-state index contributed by atoms with van der Waals surface area (Å²) in [5, 5.41) is 11.6. The largest absolute Gasteiger partial charge is 0.497 e. The Labute approximate surface area is 184 Å². The first-order valence-electron chi connectivity index (χ1n) is 10.4. The summed E-state index contributed by atoms with van der Waals surface area (Å²) in [5.74, 6) is -1.06. The molecule has 176 valence electrons. The predicted octanol–water partition coefficient (Wildman–Crippen LogP) is 3.59. The molecule has 0 amide bonds. The Balaban J connectivity index is 0.000000360. The van der Waals surface area contributed by atoms with Crippen molar-refractivity contribution in [3.63, 3.8) is 0 Å². The highest BCUT2D eigenvalue weighted by Gasteiger charge is 2.38. The van der Waals surface area contributed by atoms with Gasteiger partial charge < -0.3 is 14.6 Å². The van der Waals surface area contributed by atoms with E-state index in [2.05, 4.69) is 22.1 Å². The Kier molecular flexibility index (Phi) is 7.78. The Morgan fingerprint density at radius 1 is 1.22 bits per heavy atom. The summed E-state index contributed by atoms with van der Waals surface area (Å²) < 4.78 is 45.1. The van der Waals surface area contributed by atoms with Gasteiger partial charge in [0.15, 0.2) is 0 Å². The lowest BCUT2D eigenvalue weighted by molar-refractivity contribution is -0.192. The number of hydrogen-bond donors (Lipinski definition) is 1. The maximum atomic E-state index is 10.6. The van der Waals surface area contributed by atoms with Gasteiger partial charge in [-0.05, 0) is 48.4 Å². The van der Waals surface area contributed by atoms with Gasteiger partial charge >= 0.3 is 12.1 Å². The van der Waals surface area contributed by atoms with Gasteiger partial charge in [-0.3, -0.25) is 9.58 Å². The van der Waals surface area contributed by atoms with E-state index in [1.54, 1.807) is 7.11 Å². The van der Waals surface area contributed by atoms with Crippen molar-refractivity contribution in [2.75, 3.05) is 26.9 Å². The number of aromatic nitrogens is 2. The summed E-state index contributed by atoms with van der Waals surface area (Å²) in [6, 6.07) is 8.65. The zero-order valence-corrected chi connectivity index (χ0v) is 18.1. The second-order valence-corrected chi connectivity index (χ2v) is 8.05. The van der Waals surface area contributed by atoms with Crippen molar-refractivity contribution < 1.29 is 32.5 Å². The number of carboxylic acids is 1. The molecule has 1 unspecified atom stereocenters. The van der Waals surface area contributed by atoms with Gasteiger partial charge in [0, 0.05) is 26.7 Å². The molecule has 10 heteroatoms. The number of aryl methyl sites for hydroxylation is 1. The van der Waals surface area contributed by atoms with Crippen molar-refractivity contribution in [3.05, 3.63) is 47.3 Å². The highest BCUT2D eigenvalue weighted by molar-refractivity contribution is 5.73. The number of carbonyl (C=O) groups is 1. The van der Waals surface area contributed by atoms with Gasteiger partial charge in [0.05, 0.1) is 31.6 Å². The first kappa shape index (κ1) is 24.1. The van der Waals surface area contributed by atoms with E-state index in [-0.39, 0.29) is 6.04 Å². The molecule has 4 rings (SSSR count). The van der Waals surface area contributed by atoms with Crippen molar-refractivity contribution in [1.29, 1.82) is 0 Å². The zero-order valence-electron chi connectivity index (χ0n) is 18.1. The van der Waals surface area contributed by atoms with Crippen LogP contribution >= 0.6 is 0 Å². The smallest absolute Gasteiger partial charge is 0.490 e. The molecular weight excluding hydrogens is 427 g/mol. The number of nitrogens with zero attached hydrogens (tertiary/aromatic N) is 3. The second kappa shape index (κ2) is 10.4. The number of halogens is 3. The van der Waals surface area contributed by atoms with Gasteiger partial charge in [0.25, 0.3) is 0 Å². The van der Waals surface area contributed by atoms with E-state index in [1.807, 2.05) is 30.1 Å². The Morgan fingerprint density at radius 3 is 2.44 bits per heavy atom. The van der Waals surface area contributed by atoms with Gasteiger partial charge in [0.1, 0.15) is 5.75 Å². The van der Waals surface area contributed by atoms with Crippen LogP contribution in [0.1, 0.15) is 35.7 Å². The molecule has 1 aliphatic carbocycles. The van der Waals surface area contributed by atoms with Crippen LogP contribution in [0.25, 0.3) is 0 Å². The van der Waals surface area contributed by atoms with E-state index in [9.17, 15) is 13.2 Å². The Morgan fingerprint density at radius 2 is 1.88 bits per heavy atom. The van der Waals surface area contributed by atoms with E-state index in [0.29, 0.717) is 0 Å². The molecule has 2 heterocycles. The average Bonchev–Trinajstić information content (AvgIpc) is 3.50. The number of alkyl halides is 3. The van der Waals surface area contributed by atoms with E-state index >= 15 is 0 Å². The van der Waals surface area contributed by atoms with E-state index < -0.39 is 12.1 Å². The first-order valence-corrected chi connectivity index (χ1v) is 10.4. The van der Waals surface area contributed by atoms with E-state index in [1.165, 1.54) is 29.7 Å². The molecule has 2 aromatic rings. The lowest BCUT2D eigenvalue weighted by Crippen LogP contribution is -2.38. The molecule has 0 bridgehead atoms. The number of aliphatic carboxylic acids is 1. The molecule has 1 N–H and O–H groups in total. The topological polar surface area (TPSA) is 76.8 Å². The quantitative estimate of drug-likeness (QED) is 0.688. The Hall–Kier alpha value is -2.59. The summed E-state index contributed by atoms with van der Waals surface area (Å²) in [6.07, 6.45) is 0.654. The van der Waals surface area contributed by atoms with Gasteiger partial charge in [0.2, 0.25) is 0 Å². The minimum absolute atomic E-state index is 0.275. The SMILES string of the molecule is COc1ccc(CN2CCc3cnn(C)c3C2COCC2CC2)cc1.O=C(O)C(F)(F)F. The van der Waals surface area contributed by atoms with Crippen molar-refractivity contribution >= 4 is 5.97 Å². The molecule has 0 radical (unpaired) electrons. The molecule has 1 aromatic carbocycles. The molecule has 1 aromatic heterocycles. The van der Waals surface area contributed by atoms with Gasteiger partial charge in [-0.15, -0.1) is 0 Å². The number of hydrogen-bond acceptors (Lipinski definition) is 5. The third kappa shape index (κ3) is 6.46. The number of methoxy groups -OCH3 is 1. The summed E-state index contributed by atoms with van der Waals surface area (Å²) in [7, 11) is 3.75. The summed E-state index contributed by atoms with van der Waals surface area (Å²) in [5.41, 5.74) is 3.99. The minimum atomic E-state index is -5.08. The highest BCUT2D eigenvalue weighted by atomic mass is 19.4. The molecule has 0 saturated heterocycles. The lowest BCUT2D eigenvalue weighted by Gasteiger charge is -2.36. The number of ether oxygens (including phenoxy) is 2. The fraction of sp³-hybridized carbons (Fsp3) is 0.545. The second-order valence-electron chi connectivity index (χ2n) is 8.05. The average molecular weight is 455 g/mol. The molecule has 1 aliphatic heterocycles. The maximum absolute atomic E-state index is 10.6. The van der Waals surface area contributed by atoms with Gasteiger partial charge in [-0.1, -0.05) is 12.1 Å². The number of rotatable bonds is 7. The first-order chi connectivity index (χ1) is 15.2. The minimum Gasteiger partial charge on any atom is -0.497 e. The number of benzene rings is 1. The van der Waals surface area contributed by atoms with Crippen LogP contribution in [-0.4, -0.2) is 58.8 Å². The third-order valence-corrected chi connectivity index (χ3v) is 5.60. The number of carboxylic acid groups (broad SMARTS) is 1. The van der Waals surface area contributed by atoms with Crippen LogP contribution in [0.2, 0.25) is 0 Å². The fourth-order valence-corrected chi connectivity index (χ4v) is 3.68. The highest BCUT2D eigenvalue weighted by Crippen LogP contribution is 2.33. The van der Waals surface area contributed by atoms with Crippen LogP contribution in [0.3, 0.4) is 0 Å². The summed E-state index contributed by atoms with van der Waals surface area (Å²) >= 11 is 0. The van der Waals surface area contributed by atoms with Crippen LogP contribution in [0.15, 0.2) is 30.5 Å². The molecule has 1 saturated carbocycles. The normalized spacial score (nSPS) is 18.5. The van der Waals surface area contributed by atoms with Gasteiger partial charge in [-0.25, -0.2) is 4.79 Å². The van der Waals surface area contributed by atoms with Gasteiger partial charge in [-0.2, -0.15) is 18.3 Å². The van der Waals surface area contributed by atoms with Crippen molar-refractivity contribution in [3.8, 4) is 5.75 Å².